The molecule has 1 aromatic carbocycles. The number of hydrogen-bond acceptors (Lipinski definition) is 4. The van der Waals surface area contributed by atoms with Gasteiger partial charge >= 0.3 is 0 Å². The van der Waals surface area contributed by atoms with Crippen LogP contribution >= 0.6 is 12.4 Å². The zero-order chi connectivity index (χ0) is 14.9. The second kappa shape index (κ2) is 9.76. The molecule has 5 nitrogen and oxygen atoms in total. The summed E-state index contributed by atoms with van der Waals surface area (Å²) in [4.78, 5) is 15.8. The normalized spacial score (nSPS) is 9.68. The lowest BCUT2D eigenvalue weighted by atomic mass is 10.2. The van der Waals surface area contributed by atoms with Crippen LogP contribution in [0, 0.1) is 0 Å². The van der Waals surface area contributed by atoms with Gasteiger partial charge in [0, 0.05) is 31.6 Å². The van der Waals surface area contributed by atoms with E-state index in [-0.39, 0.29) is 18.3 Å². The van der Waals surface area contributed by atoms with Crippen LogP contribution in [0.5, 0.6) is 5.75 Å². The Bertz CT molecular complexity index is 561. The molecule has 0 atom stereocenters. The molecule has 0 radical (unpaired) electrons. The number of aromatic nitrogens is 1. The minimum absolute atomic E-state index is 0. The Morgan fingerprint density at radius 2 is 1.77 bits per heavy atom. The number of nitrogens with one attached hydrogen (secondary N) is 1. The maximum atomic E-state index is 11.9. The van der Waals surface area contributed by atoms with Crippen LogP contribution in [0.15, 0.2) is 48.8 Å². The first-order chi connectivity index (χ1) is 10.3. The summed E-state index contributed by atoms with van der Waals surface area (Å²) in [5.74, 6) is 0.675. The third kappa shape index (κ3) is 5.71. The summed E-state index contributed by atoms with van der Waals surface area (Å²) in [6.07, 6.45) is 3.20. The number of hydrogen-bond donors (Lipinski definition) is 1. The van der Waals surface area contributed by atoms with Crippen molar-refractivity contribution in [3.05, 3.63) is 59.9 Å². The van der Waals surface area contributed by atoms with E-state index in [2.05, 4.69) is 10.3 Å². The van der Waals surface area contributed by atoms with Gasteiger partial charge in [-0.15, -0.1) is 12.4 Å². The van der Waals surface area contributed by atoms with Gasteiger partial charge < -0.3 is 14.8 Å². The van der Waals surface area contributed by atoms with E-state index in [1.54, 1.807) is 31.6 Å². The Morgan fingerprint density at radius 3 is 2.41 bits per heavy atom. The Balaban J connectivity index is 0.00000242. The topological polar surface area (TPSA) is 60.5 Å². The van der Waals surface area contributed by atoms with Gasteiger partial charge in [0.15, 0.2) is 0 Å². The molecule has 0 fully saturated rings. The molecule has 6 heteroatoms. The summed E-state index contributed by atoms with van der Waals surface area (Å²) in [6, 6.07) is 11.0. The SMILES string of the molecule is COCCOc1ccc(CNC(=O)c2ccncc2)cc1.Cl. The first kappa shape index (κ1) is 17.9. The first-order valence-corrected chi connectivity index (χ1v) is 6.68. The number of benzene rings is 1. The van der Waals surface area contributed by atoms with Crippen LogP contribution in [0.2, 0.25) is 0 Å². The number of rotatable bonds is 7. The van der Waals surface area contributed by atoms with Crippen LogP contribution < -0.4 is 10.1 Å². The quantitative estimate of drug-likeness (QED) is 0.795. The van der Waals surface area contributed by atoms with Crippen molar-refractivity contribution >= 4 is 18.3 Å². The van der Waals surface area contributed by atoms with E-state index in [1.165, 1.54) is 0 Å². The average molecular weight is 323 g/mol. The Kier molecular flexibility index (Phi) is 7.96. The predicted molar refractivity (Wildman–Crippen MR) is 86.5 cm³/mol. The number of ether oxygens (including phenoxy) is 2. The molecule has 118 valence electrons. The zero-order valence-corrected chi connectivity index (χ0v) is 13.1. The van der Waals surface area contributed by atoms with Gasteiger partial charge in [-0.3, -0.25) is 9.78 Å². The van der Waals surface area contributed by atoms with Gasteiger partial charge in [-0.2, -0.15) is 0 Å². The Hall–Kier alpha value is -2.11. The summed E-state index contributed by atoms with van der Waals surface area (Å²) >= 11 is 0. The number of methoxy groups -OCH3 is 1. The van der Waals surface area contributed by atoms with E-state index in [0.29, 0.717) is 25.3 Å². The second-order valence-corrected chi connectivity index (χ2v) is 4.40. The average Bonchev–Trinajstić information content (AvgIpc) is 2.55. The van der Waals surface area contributed by atoms with E-state index >= 15 is 0 Å². The predicted octanol–water partition coefficient (Wildman–Crippen LogP) is 2.46. The van der Waals surface area contributed by atoms with Crippen molar-refractivity contribution in [3.8, 4) is 5.75 Å². The molecular formula is C16H19ClN2O3. The van der Waals surface area contributed by atoms with E-state index < -0.39 is 0 Å². The molecule has 0 bridgehead atoms. The summed E-state index contributed by atoms with van der Waals surface area (Å²) in [7, 11) is 1.64. The summed E-state index contributed by atoms with van der Waals surface area (Å²) in [6.45, 7) is 1.55. The van der Waals surface area contributed by atoms with Gasteiger partial charge in [0.05, 0.1) is 6.61 Å². The van der Waals surface area contributed by atoms with Crippen LogP contribution in [-0.2, 0) is 11.3 Å². The third-order valence-electron chi connectivity index (χ3n) is 2.88. The Labute approximate surface area is 136 Å². The zero-order valence-electron chi connectivity index (χ0n) is 12.3. The van der Waals surface area contributed by atoms with Crippen LogP contribution in [0.1, 0.15) is 15.9 Å². The van der Waals surface area contributed by atoms with Crippen molar-refractivity contribution in [1.29, 1.82) is 0 Å². The Morgan fingerprint density at radius 1 is 1.09 bits per heavy atom. The fraction of sp³-hybridized carbons (Fsp3) is 0.250. The van der Waals surface area contributed by atoms with E-state index in [1.807, 2.05) is 24.3 Å². The first-order valence-electron chi connectivity index (χ1n) is 6.68. The highest BCUT2D eigenvalue weighted by molar-refractivity contribution is 5.93. The number of carbonyl (C=O) groups excluding carboxylic acids is 1. The molecule has 22 heavy (non-hydrogen) atoms. The standard InChI is InChI=1S/C16H18N2O3.ClH/c1-20-10-11-21-15-4-2-13(3-5-15)12-18-16(19)14-6-8-17-9-7-14;/h2-9H,10-12H2,1H3,(H,18,19);1H. The lowest BCUT2D eigenvalue weighted by Gasteiger charge is -2.08. The molecule has 0 saturated heterocycles. The van der Waals surface area contributed by atoms with Crippen molar-refractivity contribution in [2.75, 3.05) is 20.3 Å². The highest BCUT2D eigenvalue weighted by Gasteiger charge is 2.04. The van der Waals surface area contributed by atoms with Gasteiger partial charge in [0.25, 0.3) is 5.91 Å². The molecule has 0 saturated carbocycles. The molecule has 1 aromatic heterocycles. The summed E-state index contributed by atoms with van der Waals surface area (Å²) in [5, 5.41) is 2.86. The van der Waals surface area contributed by atoms with Gasteiger partial charge in [-0.25, -0.2) is 0 Å². The molecule has 2 aromatic rings. The highest BCUT2D eigenvalue weighted by atomic mass is 35.5. The van der Waals surface area contributed by atoms with Gasteiger partial charge in [0.2, 0.25) is 0 Å². The van der Waals surface area contributed by atoms with Crippen LogP contribution in [0.3, 0.4) is 0 Å². The summed E-state index contributed by atoms with van der Waals surface area (Å²) < 4.78 is 10.4. The van der Waals surface area contributed by atoms with Crippen molar-refractivity contribution in [2.45, 2.75) is 6.54 Å². The number of amides is 1. The van der Waals surface area contributed by atoms with Crippen LogP contribution in [-0.4, -0.2) is 31.2 Å². The number of nitrogens with zero attached hydrogens (tertiary/aromatic N) is 1. The molecule has 0 spiro atoms. The fourth-order valence-corrected chi connectivity index (χ4v) is 1.73. The molecule has 0 aliphatic rings. The van der Waals surface area contributed by atoms with Crippen molar-refractivity contribution in [2.24, 2.45) is 0 Å². The molecule has 0 unspecified atom stereocenters. The molecule has 0 aliphatic carbocycles. The van der Waals surface area contributed by atoms with Crippen molar-refractivity contribution < 1.29 is 14.3 Å². The molecule has 1 amide bonds. The monoisotopic (exact) mass is 322 g/mol. The van der Waals surface area contributed by atoms with Gasteiger partial charge in [-0.05, 0) is 29.8 Å². The number of pyridine rings is 1. The van der Waals surface area contributed by atoms with E-state index in [0.717, 1.165) is 11.3 Å². The van der Waals surface area contributed by atoms with E-state index in [9.17, 15) is 4.79 Å². The van der Waals surface area contributed by atoms with Crippen LogP contribution in [0.4, 0.5) is 0 Å². The molecule has 1 heterocycles. The largest absolute Gasteiger partial charge is 0.491 e. The van der Waals surface area contributed by atoms with Crippen LogP contribution in [0.25, 0.3) is 0 Å². The lowest BCUT2D eigenvalue weighted by molar-refractivity contribution is 0.0951. The maximum absolute atomic E-state index is 11.9. The van der Waals surface area contributed by atoms with E-state index in [4.69, 9.17) is 9.47 Å². The molecular weight excluding hydrogens is 304 g/mol. The third-order valence-corrected chi connectivity index (χ3v) is 2.88. The highest BCUT2D eigenvalue weighted by Crippen LogP contribution is 2.12. The smallest absolute Gasteiger partial charge is 0.251 e. The maximum Gasteiger partial charge on any atom is 0.251 e. The van der Waals surface area contributed by atoms with Crippen molar-refractivity contribution in [1.82, 2.24) is 10.3 Å². The minimum Gasteiger partial charge on any atom is -0.491 e. The van der Waals surface area contributed by atoms with Gasteiger partial charge in [-0.1, -0.05) is 12.1 Å². The molecule has 1 N–H and O–H groups in total. The molecule has 2 rings (SSSR count). The number of halogens is 1. The summed E-state index contributed by atoms with van der Waals surface area (Å²) in [5.41, 5.74) is 1.61. The fourth-order valence-electron chi connectivity index (χ4n) is 1.73. The number of carbonyl (C=O) groups is 1. The van der Waals surface area contributed by atoms with Crippen molar-refractivity contribution in [3.63, 3.8) is 0 Å². The molecule has 0 aliphatic heterocycles. The minimum atomic E-state index is -0.113. The van der Waals surface area contributed by atoms with Gasteiger partial charge in [0.1, 0.15) is 12.4 Å². The lowest BCUT2D eigenvalue weighted by Crippen LogP contribution is -2.22. The second-order valence-electron chi connectivity index (χ2n) is 4.40.